The van der Waals surface area contributed by atoms with Gasteiger partial charge >= 0.3 is 0 Å². The monoisotopic (exact) mass is 532 g/mol. The number of thiophene rings is 1. The summed E-state index contributed by atoms with van der Waals surface area (Å²) in [6, 6.07) is 27.6. The number of nitrogens with zero attached hydrogens (tertiary/aromatic N) is 2. The van der Waals surface area contributed by atoms with E-state index in [0.29, 0.717) is 5.92 Å². The molecule has 0 spiro atoms. The average molecular weight is 533 g/mol. The molecule has 3 aromatic heterocycles. The summed E-state index contributed by atoms with van der Waals surface area (Å²) in [5.74, 6) is 0.424. The van der Waals surface area contributed by atoms with E-state index >= 15 is 0 Å². The van der Waals surface area contributed by atoms with Crippen LogP contribution in [0.3, 0.4) is 0 Å². The topological polar surface area (TPSA) is 9.86 Å². The molecule has 0 aliphatic heterocycles. The van der Waals surface area contributed by atoms with E-state index in [-0.39, 0.29) is 6.04 Å². The number of aromatic nitrogens is 2. The molecule has 3 heteroatoms. The standard InChI is InChI=1S/C37H28N2S/c1-23-11-5-8-16-30(23)39-32-18-10-7-15-26(32)28-19-20-29-34-33(40-37(29)36(28)39)22-21-27-25-14-6-9-17-31(25)38(35(27)34)24-12-3-2-4-13-24/h3,5-23,30H,2,4H2,1H3. The molecule has 0 bridgehead atoms. The first-order valence-corrected chi connectivity index (χ1v) is 15.1. The summed E-state index contributed by atoms with van der Waals surface area (Å²) in [6.45, 7) is 2.34. The van der Waals surface area contributed by atoms with E-state index < -0.39 is 0 Å². The number of hydrogen-bond acceptors (Lipinski definition) is 1. The molecule has 0 fully saturated rings. The van der Waals surface area contributed by atoms with Crippen LogP contribution in [0.15, 0.2) is 115 Å². The second-order valence-electron chi connectivity index (χ2n) is 11.2. The Labute approximate surface area is 236 Å². The molecule has 7 aromatic rings. The normalized spacial score (nSPS) is 19.3. The Kier molecular flexibility index (Phi) is 4.68. The predicted molar refractivity (Wildman–Crippen MR) is 174 cm³/mol. The summed E-state index contributed by atoms with van der Waals surface area (Å²) in [4.78, 5) is 0. The van der Waals surface area contributed by atoms with Gasteiger partial charge in [-0.1, -0.05) is 98.0 Å². The van der Waals surface area contributed by atoms with Crippen molar-refractivity contribution in [1.82, 2.24) is 9.13 Å². The van der Waals surface area contributed by atoms with Crippen molar-refractivity contribution in [2.75, 3.05) is 0 Å². The van der Waals surface area contributed by atoms with Gasteiger partial charge in [0.05, 0.1) is 27.3 Å². The molecule has 0 N–H and O–H groups in total. The lowest BCUT2D eigenvalue weighted by Gasteiger charge is -2.24. The molecule has 2 unspecified atom stereocenters. The number of allylic oxidation sites excluding steroid dienone is 8. The van der Waals surface area contributed by atoms with E-state index in [1.165, 1.54) is 69.5 Å². The summed E-state index contributed by atoms with van der Waals surface area (Å²) in [5, 5.41) is 8.07. The van der Waals surface area contributed by atoms with Crippen molar-refractivity contribution in [3.8, 4) is 0 Å². The van der Waals surface area contributed by atoms with Crippen LogP contribution < -0.4 is 0 Å². The van der Waals surface area contributed by atoms with Crippen LogP contribution in [0, 0.1) is 5.92 Å². The van der Waals surface area contributed by atoms with E-state index in [1.54, 1.807) is 0 Å². The molecule has 9 rings (SSSR count). The van der Waals surface area contributed by atoms with Crippen LogP contribution in [0.25, 0.3) is 69.5 Å². The maximum atomic E-state index is 2.62. The maximum Gasteiger partial charge on any atom is 0.0678 e. The molecule has 0 saturated heterocycles. The van der Waals surface area contributed by atoms with Gasteiger partial charge in [0.2, 0.25) is 0 Å². The van der Waals surface area contributed by atoms with E-state index in [1.807, 2.05) is 11.3 Å². The number of hydrogen-bond donors (Lipinski definition) is 0. The van der Waals surface area contributed by atoms with Crippen molar-refractivity contribution >= 4 is 80.8 Å². The van der Waals surface area contributed by atoms with Crippen LogP contribution in [0.1, 0.15) is 25.8 Å². The van der Waals surface area contributed by atoms with Gasteiger partial charge in [-0.3, -0.25) is 0 Å². The Hall–Kier alpha value is -4.34. The largest absolute Gasteiger partial charge is 0.332 e. The molecule has 0 radical (unpaired) electrons. The highest BCUT2D eigenvalue weighted by Gasteiger charge is 2.25. The summed E-state index contributed by atoms with van der Waals surface area (Å²) < 4.78 is 7.87. The van der Waals surface area contributed by atoms with Gasteiger partial charge in [-0.25, -0.2) is 0 Å². The fourth-order valence-electron chi connectivity index (χ4n) is 7.23. The molecule has 2 atom stereocenters. The Morgan fingerprint density at radius 1 is 0.700 bits per heavy atom. The van der Waals surface area contributed by atoms with Crippen molar-refractivity contribution in [3.05, 3.63) is 115 Å². The van der Waals surface area contributed by atoms with Gasteiger partial charge in [0.1, 0.15) is 0 Å². The highest BCUT2D eigenvalue weighted by molar-refractivity contribution is 7.26. The SMILES string of the molecule is CC1C=CC=CC1n1c2ccccc2c2ccc3c(sc4ccc5c6ccccc6n(C6=CCCC=C6)c5c43)c21. The number of rotatable bonds is 2. The van der Waals surface area contributed by atoms with Gasteiger partial charge in [0, 0.05) is 48.2 Å². The Bertz CT molecular complexity index is 2300. The van der Waals surface area contributed by atoms with Crippen LogP contribution in [-0.2, 0) is 0 Å². The minimum absolute atomic E-state index is 0.284. The first-order valence-electron chi connectivity index (χ1n) is 14.3. The predicted octanol–water partition coefficient (Wildman–Crippen LogP) is 10.8. The number of fused-ring (bicyclic) bond motifs is 11. The van der Waals surface area contributed by atoms with Gasteiger partial charge in [-0.2, -0.15) is 0 Å². The van der Waals surface area contributed by atoms with Crippen molar-refractivity contribution in [3.63, 3.8) is 0 Å². The van der Waals surface area contributed by atoms with Crippen LogP contribution in [0.5, 0.6) is 0 Å². The molecule has 0 amide bonds. The third kappa shape index (κ3) is 2.93. The summed E-state index contributed by atoms with van der Waals surface area (Å²) in [5.41, 5.74) is 6.58. The van der Waals surface area contributed by atoms with Gasteiger partial charge in [0.25, 0.3) is 0 Å². The summed E-state index contributed by atoms with van der Waals surface area (Å²) in [6.07, 6.45) is 18.3. The summed E-state index contributed by atoms with van der Waals surface area (Å²) in [7, 11) is 0. The van der Waals surface area contributed by atoms with E-state index in [4.69, 9.17) is 0 Å². The fourth-order valence-corrected chi connectivity index (χ4v) is 8.47. The molecule has 192 valence electrons. The van der Waals surface area contributed by atoms with Crippen molar-refractivity contribution < 1.29 is 0 Å². The minimum atomic E-state index is 0.284. The number of para-hydroxylation sites is 2. The zero-order valence-corrected chi connectivity index (χ0v) is 23.2. The highest BCUT2D eigenvalue weighted by Crippen LogP contribution is 2.48. The second kappa shape index (κ2) is 8.33. The highest BCUT2D eigenvalue weighted by atomic mass is 32.1. The molecular weight excluding hydrogens is 504 g/mol. The minimum Gasteiger partial charge on any atom is -0.332 e. The fraction of sp³-hybridized carbons (Fsp3) is 0.135. The van der Waals surface area contributed by atoms with E-state index in [2.05, 4.69) is 131 Å². The van der Waals surface area contributed by atoms with Gasteiger partial charge in [-0.15, -0.1) is 11.3 Å². The Balaban J connectivity index is 1.48. The number of benzene rings is 4. The summed E-state index contributed by atoms with van der Waals surface area (Å²) >= 11 is 1.95. The smallest absolute Gasteiger partial charge is 0.0678 e. The molecule has 40 heavy (non-hydrogen) atoms. The van der Waals surface area contributed by atoms with Crippen molar-refractivity contribution in [2.24, 2.45) is 5.92 Å². The molecule has 4 aromatic carbocycles. The second-order valence-corrected chi connectivity index (χ2v) is 12.3. The van der Waals surface area contributed by atoms with Crippen molar-refractivity contribution in [1.29, 1.82) is 0 Å². The lowest BCUT2D eigenvalue weighted by molar-refractivity contribution is 0.511. The van der Waals surface area contributed by atoms with Gasteiger partial charge < -0.3 is 9.13 Å². The van der Waals surface area contributed by atoms with Crippen LogP contribution in [0.4, 0.5) is 0 Å². The van der Waals surface area contributed by atoms with E-state index in [9.17, 15) is 0 Å². The van der Waals surface area contributed by atoms with Crippen molar-refractivity contribution in [2.45, 2.75) is 25.8 Å². The first-order chi connectivity index (χ1) is 19.8. The molecule has 3 heterocycles. The van der Waals surface area contributed by atoms with Gasteiger partial charge in [-0.05, 0) is 43.0 Å². The Morgan fingerprint density at radius 2 is 1.43 bits per heavy atom. The van der Waals surface area contributed by atoms with Crippen LogP contribution in [0.2, 0.25) is 0 Å². The molecular formula is C37H28N2S. The van der Waals surface area contributed by atoms with E-state index in [0.717, 1.165) is 12.8 Å². The Morgan fingerprint density at radius 3 is 2.25 bits per heavy atom. The third-order valence-corrected chi connectivity index (χ3v) is 10.2. The zero-order chi connectivity index (χ0) is 26.4. The lowest BCUT2D eigenvalue weighted by atomic mass is 9.96. The molecule has 2 aliphatic carbocycles. The molecule has 0 saturated carbocycles. The molecule has 2 aliphatic rings. The van der Waals surface area contributed by atoms with Gasteiger partial charge in [0.15, 0.2) is 0 Å². The average Bonchev–Trinajstić information content (AvgIpc) is 3.65. The zero-order valence-electron chi connectivity index (χ0n) is 22.3. The molecule has 2 nitrogen and oxygen atoms in total. The third-order valence-electron chi connectivity index (χ3n) is 9.01. The first kappa shape index (κ1) is 22.5. The van der Waals surface area contributed by atoms with Crippen LogP contribution in [-0.4, -0.2) is 9.13 Å². The quantitative estimate of drug-likeness (QED) is 0.210. The lowest BCUT2D eigenvalue weighted by Crippen LogP contribution is -2.15. The maximum absolute atomic E-state index is 2.62. The van der Waals surface area contributed by atoms with Crippen LogP contribution >= 0.6 is 11.3 Å².